The number of rotatable bonds is 10. The summed E-state index contributed by atoms with van der Waals surface area (Å²) in [5, 5.41) is 51.1. The maximum Gasteiger partial charge on any atom is 1.00 e. The monoisotopic (exact) mass is 912 g/mol. The van der Waals surface area contributed by atoms with Gasteiger partial charge in [-0.3, -0.25) is 14.4 Å². The third-order valence-electron chi connectivity index (χ3n) is 21.2. The molecule has 64 heavy (non-hydrogen) atoms. The van der Waals surface area contributed by atoms with Crippen molar-refractivity contribution < 1.29 is 79.1 Å². The van der Waals surface area contributed by atoms with E-state index in [-0.39, 0.29) is 149 Å². The van der Waals surface area contributed by atoms with Crippen LogP contribution >= 0.6 is 0 Å². The second-order valence-corrected chi connectivity index (χ2v) is 23.5. The predicted octanol–water partition coefficient (Wildman–Crippen LogP) is 8.44. The molecule has 0 heterocycles. The number of aliphatic hydroxyl groups excluding tert-OH is 3. The van der Waals surface area contributed by atoms with Gasteiger partial charge in [0.1, 0.15) is 5.78 Å². The Hall–Kier alpha value is -0.445. The Morgan fingerprint density at radius 3 is 1.58 bits per heavy atom. The van der Waals surface area contributed by atoms with Gasteiger partial charge in [0.2, 0.25) is 0 Å². The van der Waals surface area contributed by atoms with Crippen molar-refractivity contribution in [1.82, 2.24) is 0 Å². The van der Waals surface area contributed by atoms with E-state index in [0.29, 0.717) is 61.2 Å². The predicted molar refractivity (Wildman–Crippen MR) is 255 cm³/mol. The number of ketones is 1. The second kappa shape index (κ2) is 22.1. The standard InChI is InChI=1S/C26H44O4.C26H42O4.2CH4.B.Na.H/c2*1-5-17-21-14-16(27)10-12-26(21,4)20-11-13-25(3)18(15(2)6-9-22(28)29)7-8-19(25)23(20)24(17)30;;;;;/h15-21,23-24,27,30H,5-14H2,1-4H3,(H,28,29);15-21,23,27H,5-14H2,1-4H3,(H,28,29);2*1H4;;;/q;;;;;+1;-1/t15-,16-,17-,18-,19?,20?,21+,23?,24-,25-,26-;15-,16-,17-,18-,19?,20?,21+,23?,25-,26-;;;;;/m11...../s1/i2*1D3;;;;;. The molecule has 363 valence electrons. The summed E-state index contributed by atoms with van der Waals surface area (Å²) >= 11 is 0. The fourth-order valence-electron chi connectivity index (χ4n) is 18.1. The van der Waals surface area contributed by atoms with Gasteiger partial charge in [-0.05, 0) is 202 Å². The summed E-state index contributed by atoms with van der Waals surface area (Å²) in [6.07, 6.45) is 13.0. The molecule has 6 unspecified atom stereocenters. The molecule has 0 aromatic rings. The van der Waals surface area contributed by atoms with Crippen molar-refractivity contribution in [2.75, 3.05) is 0 Å². The third-order valence-corrected chi connectivity index (χ3v) is 21.2. The van der Waals surface area contributed by atoms with Crippen LogP contribution in [0, 0.1) is 105 Å². The molecule has 8 aliphatic carbocycles. The van der Waals surface area contributed by atoms with Crippen LogP contribution in [-0.2, 0) is 14.4 Å². The number of carbonyl (C=O) groups excluding carboxylic acids is 1. The van der Waals surface area contributed by atoms with E-state index in [1.54, 1.807) is 0 Å². The Kier molecular flexibility index (Phi) is 16.8. The van der Waals surface area contributed by atoms with Crippen molar-refractivity contribution in [2.45, 2.75) is 217 Å². The number of carboxylic acids is 2. The van der Waals surface area contributed by atoms with Crippen LogP contribution in [0.4, 0.5) is 0 Å². The number of hydrogen-bond donors (Lipinski definition) is 5. The number of carbonyl (C=O) groups is 3. The molecule has 0 aliphatic heterocycles. The summed E-state index contributed by atoms with van der Waals surface area (Å²) in [5.41, 5.74) is -0.0475. The Labute approximate surface area is 424 Å². The SMILES string of the molecule is C.C.[2H]C([2H])([2H])C[C@H]1C(=O)C2C3CC[C@H]([C@H](C)CCC(=O)O)[C@@]3(C)CCC2[C@@]2(C)CC[C@@H](O)C[C@@H]12.[2H]C([2H])([2H])C[C@H]1[C@@H](O)C2C3CC[C@H]([C@H](C)CCC(=O)O)[C@@]3(C)CCC2[C@@]2(C)CC[C@@H](O)C[C@@H]12.[B].[H-].[Na+]. The van der Waals surface area contributed by atoms with Gasteiger partial charge >= 0.3 is 41.5 Å². The molecule has 0 aromatic heterocycles. The molecular formula is C54H95BNaO8. The van der Waals surface area contributed by atoms with Crippen LogP contribution in [0.3, 0.4) is 0 Å². The first-order valence-electron chi connectivity index (χ1n) is 27.6. The topological polar surface area (TPSA) is 152 Å². The Balaban J connectivity index is 0.000000455. The van der Waals surface area contributed by atoms with E-state index >= 15 is 0 Å². The second-order valence-electron chi connectivity index (χ2n) is 23.5. The first-order chi connectivity index (χ1) is 30.6. The van der Waals surface area contributed by atoms with Crippen molar-refractivity contribution in [3.63, 3.8) is 0 Å². The van der Waals surface area contributed by atoms with Crippen LogP contribution in [0.2, 0.25) is 0 Å². The van der Waals surface area contributed by atoms with Gasteiger partial charge in [-0.2, -0.15) is 0 Å². The molecule has 8 aliphatic rings. The summed E-state index contributed by atoms with van der Waals surface area (Å²) in [5.74, 6) is 0.619. The molecule has 8 saturated carbocycles. The van der Waals surface area contributed by atoms with E-state index in [4.69, 9.17) is 13.3 Å². The van der Waals surface area contributed by atoms with Crippen LogP contribution in [0.1, 0.15) is 208 Å². The molecule has 8 fully saturated rings. The fourth-order valence-corrected chi connectivity index (χ4v) is 18.1. The largest absolute Gasteiger partial charge is 1.00 e. The first-order valence-corrected chi connectivity index (χ1v) is 24.6. The summed E-state index contributed by atoms with van der Waals surface area (Å²) in [6.45, 7) is 9.42. The molecule has 0 aromatic carbocycles. The Morgan fingerprint density at radius 1 is 0.641 bits per heavy atom. The quantitative estimate of drug-likeness (QED) is 0.137. The molecule has 0 bridgehead atoms. The van der Waals surface area contributed by atoms with E-state index in [1.165, 1.54) is 0 Å². The number of carboxylic acid groups (broad SMARTS) is 2. The summed E-state index contributed by atoms with van der Waals surface area (Å²) in [7, 11) is 0. The maximum atomic E-state index is 14.1. The molecule has 5 N–H and O–H groups in total. The third kappa shape index (κ3) is 9.83. The molecular weight excluding hydrogens is 810 g/mol. The maximum absolute atomic E-state index is 14.1. The number of Topliss-reactive ketones (excluding diaryl/α,β-unsaturated/α-hetero) is 1. The van der Waals surface area contributed by atoms with Gasteiger partial charge in [-0.1, -0.05) is 76.5 Å². The number of aliphatic hydroxyl groups is 3. The number of hydrogen-bond acceptors (Lipinski definition) is 6. The zero-order valence-electron chi connectivity index (χ0n) is 46.5. The van der Waals surface area contributed by atoms with Crippen molar-refractivity contribution >= 4 is 26.1 Å². The van der Waals surface area contributed by atoms with E-state index in [0.717, 1.165) is 77.0 Å². The zero-order valence-corrected chi connectivity index (χ0v) is 41.5. The van der Waals surface area contributed by atoms with Crippen LogP contribution in [-0.4, -0.2) is 70.0 Å². The zero-order chi connectivity index (χ0) is 48.7. The number of aliphatic carboxylic acids is 2. The molecule has 8 rings (SSSR count). The number of fused-ring (bicyclic) bond motifs is 10. The smallest absolute Gasteiger partial charge is 1.00 e. The van der Waals surface area contributed by atoms with Crippen LogP contribution in [0.5, 0.6) is 0 Å². The molecule has 3 radical (unpaired) electrons. The fraction of sp³-hybridized carbons (Fsp3) is 0.944. The van der Waals surface area contributed by atoms with Gasteiger partial charge < -0.3 is 27.0 Å². The normalized spacial score (nSPS) is 49.0. The minimum absolute atomic E-state index is 0. The van der Waals surface area contributed by atoms with Crippen molar-refractivity contribution in [3.05, 3.63) is 0 Å². The van der Waals surface area contributed by atoms with Gasteiger partial charge in [0.25, 0.3) is 0 Å². The minimum Gasteiger partial charge on any atom is -1.00 e. The van der Waals surface area contributed by atoms with Crippen molar-refractivity contribution in [3.8, 4) is 0 Å². The van der Waals surface area contributed by atoms with E-state index in [9.17, 15) is 34.8 Å². The molecule has 0 amide bonds. The van der Waals surface area contributed by atoms with Crippen LogP contribution < -0.4 is 29.6 Å². The van der Waals surface area contributed by atoms with Gasteiger partial charge in [0, 0.05) is 41.3 Å². The molecule has 0 saturated heterocycles. The van der Waals surface area contributed by atoms with Crippen molar-refractivity contribution in [1.29, 1.82) is 0 Å². The molecule has 10 heteroatoms. The molecule has 21 atom stereocenters. The first kappa shape index (κ1) is 48.6. The average Bonchev–Trinajstić information content (AvgIpc) is 3.76. The summed E-state index contributed by atoms with van der Waals surface area (Å²) < 4.78 is 47.7. The molecule has 0 spiro atoms. The van der Waals surface area contributed by atoms with Gasteiger partial charge in [-0.25, -0.2) is 0 Å². The summed E-state index contributed by atoms with van der Waals surface area (Å²) in [6, 6.07) is 0. The van der Waals surface area contributed by atoms with E-state index in [2.05, 4.69) is 41.5 Å². The molecule has 8 nitrogen and oxygen atoms in total. The van der Waals surface area contributed by atoms with Crippen molar-refractivity contribution in [2.24, 2.45) is 105 Å². The Bertz CT molecular complexity index is 1790. The van der Waals surface area contributed by atoms with Crippen LogP contribution in [0.15, 0.2) is 0 Å². The Morgan fingerprint density at radius 2 is 1.06 bits per heavy atom. The van der Waals surface area contributed by atoms with E-state index in [1.807, 2.05) is 0 Å². The van der Waals surface area contributed by atoms with E-state index < -0.39 is 49.9 Å². The van der Waals surface area contributed by atoms with Crippen LogP contribution in [0.25, 0.3) is 0 Å². The summed E-state index contributed by atoms with van der Waals surface area (Å²) in [4.78, 5) is 36.4. The van der Waals surface area contributed by atoms with Gasteiger partial charge in [0.15, 0.2) is 0 Å². The minimum atomic E-state index is -2.15. The van der Waals surface area contributed by atoms with Gasteiger partial charge in [-0.15, -0.1) is 0 Å². The van der Waals surface area contributed by atoms with Gasteiger partial charge in [0.05, 0.1) is 18.3 Å². The average molecular weight is 912 g/mol.